The molecule has 0 fully saturated rings. The van der Waals surface area contributed by atoms with Crippen molar-refractivity contribution in [1.29, 1.82) is 0 Å². The van der Waals surface area contributed by atoms with Crippen LogP contribution in [-0.4, -0.2) is 23.2 Å². The number of nitrogens with one attached hydrogen (secondary N) is 1. The minimum absolute atomic E-state index is 0. The molecule has 3 rings (SSSR count). The number of H-pyrrole nitrogens is 1. The zero-order valence-corrected chi connectivity index (χ0v) is 16.4. The molecule has 0 saturated heterocycles. The van der Waals surface area contributed by atoms with Gasteiger partial charge in [-0.05, 0) is 31.5 Å². The first-order chi connectivity index (χ1) is 10.8. The molecule has 1 aromatic heterocycles. The van der Waals surface area contributed by atoms with Crippen LogP contribution >= 0.6 is 0 Å². The Bertz CT molecular complexity index is 978. The van der Waals surface area contributed by atoms with E-state index in [-0.39, 0.29) is 40.0 Å². The summed E-state index contributed by atoms with van der Waals surface area (Å²) in [7, 11) is -4.27. The molecule has 0 saturated carbocycles. The third-order valence-electron chi connectivity index (χ3n) is 3.21. The summed E-state index contributed by atoms with van der Waals surface area (Å²) in [5, 5.41) is 7.74. The first-order valence-electron chi connectivity index (χ1n) is 6.74. The van der Waals surface area contributed by atoms with Crippen LogP contribution < -0.4 is 35.1 Å². The maximum atomic E-state index is 11.3. The monoisotopic (exact) mass is 354 g/mol. The van der Waals surface area contributed by atoms with E-state index in [2.05, 4.69) is 10.2 Å². The van der Waals surface area contributed by atoms with E-state index in [1.54, 1.807) is 18.3 Å². The Morgan fingerprint density at radius 1 is 1.04 bits per heavy atom. The van der Waals surface area contributed by atoms with Gasteiger partial charge in [-0.1, -0.05) is 35.9 Å². The number of aryl methyl sites for hydroxylation is 2. The first kappa shape index (κ1) is 20.5. The summed E-state index contributed by atoms with van der Waals surface area (Å²) in [5.41, 5.74) is 1.79. The third kappa shape index (κ3) is 5.25. The molecule has 0 bridgehead atoms. The van der Waals surface area contributed by atoms with Gasteiger partial charge in [0.25, 0.3) is 5.56 Å². The SMILES string of the molecule is Cc1ccc(S(=O)(=O)[O-])cc1.Cc1cccc2cn[nH]c(=O)c12.[Na+]. The fraction of sp³-hybridized carbons (Fsp3) is 0.125. The summed E-state index contributed by atoms with van der Waals surface area (Å²) in [6, 6.07) is 11.5. The number of aromatic amines is 1. The van der Waals surface area contributed by atoms with Gasteiger partial charge >= 0.3 is 29.6 Å². The van der Waals surface area contributed by atoms with Crippen LogP contribution in [0.5, 0.6) is 0 Å². The average Bonchev–Trinajstić information content (AvgIpc) is 2.48. The van der Waals surface area contributed by atoms with E-state index >= 15 is 0 Å². The van der Waals surface area contributed by atoms with Crippen LogP contribution in [0.1, 0.15) is 11.1 Å². The molecule has 120 valence electrons. The summed E-state index contributed by atoms with van der Waals surface area (Å²) >= 11 is 0. The second-order valence-corrected chi connectivity index (χ2v) is 6.39. The maximum Gasteiger partial charge on any atom is 1.00 e. The minimum Gasteiger partial charge on any atom is -0.744 e. The number of rotatable bonds is 1. The molecular formula is C16H15N2NaO4S. The quantitative estimate of drug-likeness (QED) is 0.452. The first-order valence-corrected chi connectivity index (χ1v) is 8.15. The number of benzene rings is 2. The zero-order chi connectivity index (χ0) is 17.0. The molecule has 1 heterocycles. The van der Waals surface area contributed by atoms with Gasteiger partial charge < -0.3 is 4.55 Å². The summed E-state index contributed by atoms with van der Waals surface area (Å²) in [6.45, 7) is 3.73. The van der Waals surface area contributed by atoms with Gasteiger partial charge in [-0.15, -0.1) is 0 Å². The summed E-state index contributed by atoms with van der Waals surface area (Å²) in [6.07, 6.45) is 1.66. The second kappa shape index (κ2) is 8.55. The largest absolute Gasteiger partial charge is 1.00 e. The Morgan fingerprint density at radius 2 is 1.67 bits per heavy atom. The van der Waals surface area contributed by atoms with Crippen LogP contribution in [0.2, 0.25) is 0 Å². The molecule has 0 radical (unpaired) electrons. The van der Waals surface area contributed by atoms with E-state index in [0.717, 1.165) is 21.9 Å². The molecule has 0 aliphatic rings. The van der Waals surface area contributed by atoms with Gasteiger partial charge in [0.2, 0.25) is 0 Å². The molecule has 24 heavy (non-hydrogen) atoms. The van der Waals surface area contributed by atoms with Gasteiger partial charge in [0.05, 0.1) is 16.5 Å². The van der Waals surface area contributed by atoms with Crippen molar-refractivity contribution in [3.05, 3.63) is 70.1 Å². The molecule has 3 aromatic rings. The second-order valence-electron chi connectivity index (χ2n) is 5.01. The van der Waals surface area contributed by atoms with Gasteiger partial charge in [0, 0.05) is 5.39 Å². The Hall–Kier alpha value is -1.51. The van der Waals surface area contributed by atoms with Crippen LogP contribution in [0.4, 0.5) is 0 Å². The van der Waals surface area contributed by atoms with Crippen molar-refractivity contribution in [2.24, 2.45) is 0 Å². The molecular weight excluding hydrogens is 339 g/mol. The fourth-order valence-corrected chi connectivity index (χ4v) is 2.50. The van der Waals surface area contributed by atoms with Crippen molar-refractivity contribution in [1.82, 2.24) is 10.2 Å². The summed E-state index contributed by atoms with van der Waals surface area (Å²) in [4.78, 5) is 11.1. The van der Waals surface area contributed by atoms with E-state index in [1.165, 1.54) is 12.1 Å². The van der Waals surface area contributed by atoms with E-state index < -0.39 is 10.1 Å². The predicted molar refractivity (Wildman–Crippen MR) is 86.2 cm³/mol. The van der Waals surface area contributed by atoms with E-state index in [1.807, 2.05) is 32.0 Å². The maximum absolute atomic E-state index is 11.3. The number of nitrogens with zero attached hydrogens (tertiary/aromatic N) is 1. The van der Waals surface area contributed by atoms with Gasteiger partial charge in [-0.2, -0.15) is 5.10 Å². The molecule has 0 amide bonds. The van der Waals surface area contributed by atoms with Crippen LogP contribution in [0.25, 0.3) is 10.8 Å². The van der Waals surface area contributed by atoms with Crippen molar-refractivity contribution in [2.75, 3.05) is 0 Å². The molecule has 0 aliphatic carbocycles. The van der Waals surface area contributed by atoms with Gasteiger partial charge in [-0.3, -0.25) is 4.79 Å². The summed E-state index contributed by atoms with van der Waals surface area (Å²) < 4.78 is 31.2. The molecule has 2 aromatic carbocycles. The smallest absolute Gasteiger partial charge is 0.744 e. The molecule has 0 atom stereocenters. The fourth-order valence-electron chi connectivity index (χ4n) is 2.03. The Labute approximate surface area is 162 Å². The number of hydrogen-bond donors (Lipinski definition) is 1. The normalized spacial score (nSPS) is 10.5. The molecule has 1 N–H and O–H groups in total. The van der Waals surface area contributed by atoms with Crippen molar-refractivity contribution in [2.45, 2.75) is 18.7 Å². The summed E-state index contributed by atoms with van der Waals surface area (Å²) in [5.74, 6) is 0. The minimum atomic E-state index is -4.27. The number of hydrogen-bond acceptors (Lipinski definition) is 5. The predicted octanol–water partition coefficient (Wildman–Crippen LogP) is -0.865. The van der Waals surface area contributed by atoms with Crippen molar-refractivity contribution in [3.8, 4) is 0 Å². The topological polar surface area (TPSA) is 103 Å². The van der Waals surface area contributed by atoms with Crippen molar-refractivity contribution < 1.29 is 42.5 Å². The van der Waals surface area contributed by atoms with Crippen LogP contribution in [0.3, 0.4) is 0 Å². The van der Waals surface area contributed by atoms with Gasteiger partial charge in [0.1, 0.15) is 10.1 Å². The third-order valence-corrected chi connectivity index (χ3v) is 4.06. The standard InChI is InChI=1S/C9H8N2O.C7H8O3S.Na/c1-6-3-2-4-7-5-10-11-9(12)8(6)7;1-6-2-4-7(5-3-6)11(8,9)10;/h2-5H,1H3,(H,11,12);2-5H,1H3,(H,8,9,10);/q;;+1/p-1. The van der Waals surface area contributed by atoms with Crippen molar-refractivity contribution >= 4 is 20.9 Å². The van der Waals surface area contributed by atoms with Crippen LogP contribution in [-0.2, 0) is 10.1 Å². The molecule has 0 aliphatic heterocycles. The van der Waals surface area contributed by atoms with Gasteiger partial charge in [0.15, 0.2) is 0 Å². The Kier molecular flexibility index (Phi) is 7.31. The Balaban J connectivity index is 0.000000232. The van der Waals surface area contributed by atoms with Crippen molar-refractivity contribution in [3.63, 3.8) is 0 Å². The Morgan fingerprint density at radius 3 is 2.21 bits per heavy atom. The molecule has 8 heteroatoms. The van der Waals surface area contributed by atoms with Crippen LogP contribution in [0.15, 0.2) is 58.4 Å². The van der Waals surface area contributed by atoms with E-state index in [4.69, 9.17) is 0 Å². The van der Waals surface area contributed by atoms with E-state index in [0.29, 0.717) is 0 Å². The molecule has 0 unspecified atom stereocenters. The molecule has 0 spiro atoms. The average molecular weight is 354 g/mol. The number of aromatic nitrogens is 2. The van der Waals surface area contributed by atoms with E-state index in [9.17, 15) is 17.8 Å². The number of fused-ring (bicyclic) bond motifs is 1. The zero-order valence-electron chi connectivity index (χ0n) is 13.6. The molecule has 6 nitrogen and oxygen atoms in total. The van der Waals surface area contributed by atoms with Gasteiger partial charge in [-0.25, -0.2) is 13.5 Å². The van der Waals surface area contributed by atoms with Crippen LogP contribution in [0, 0.1) is 13.8 Å².